The number of imidazole rings is 1. The molecule has 2 aromatic carbocycles. The summed E-state index contributed by atoms with van der Waals surface area (Å²) in [5.41, 5.74) is 1.18. The van der Waals surface area contributed by atoms with Crippen molar-refractivity contribution in [2.45, 2.75) is 4.90 Å². The fraction of sp³-hybridized carbons (Fsp3) is 0. The number of halogens is 1. The molecule has 2 heterocycles. The van der Waals surface area contributed by atoms with Crippen LogP contribution in [0.25, 0.3) is 5.82 Å². The van der Waals surface area contributed by atoms with Crippen LogP contribution in [0, 0.1) is 0 Å². The van der Waals surface area contributed by atoms with Crippen LogP contribution in [0.3, 0.4) is 0 Å². The smallest absolute Gasteiger partial charge is 0.261 e. The molecular formula is C19H15ClN6O2S. The number of rotatable bonds is 6. The lowest BCUT2D eigenvalue weighted by Gasteiger charge is -2.10. The lowest BCUT2D eigenvalue weighted by Crippen LogP contribution is -2.12. The molecular weight excluding hydrogens is 412 g/mol. The monoisotopic (exact) mass is 426 g/mol. The number of hydrogen-bond acceptors (Lipinski definition) is 6. The van der Waals surface area contributed by atoms with E-state index in [0.717, 1.165) is 5.69 Å². The minimum Gasteiger partial charge on any atom is -0.340 e. The van der Waals surface area contributed by atoms with E-state index in [1.165, 1.54) is 30.6 Å². The van der Waals surface area contributed by atoms with Crippen LogP contribution in [0.5, 0.6) is 0 Å². The highest BCUT2D eigenvalue weighted by molar-refractivity contribution is 7.92. The highest BCUT2D eigenvalue weighted by Gasteiger charge is 2.14. The summed E-state index contributed by atoms with van der Waals surface area (Å²) in [6, 6.07) is 14.6. The van der Waals surface area contributed by atoms with Crippen LogP contribution in [-0.2, 0) is 10.0 Å². The maximum absolute atomic E-state index is 12.4. The average molecular weight is 427 g/mol. The van der Waals surface area contributed by atoms with E-state index in [-0.39, 0.29) is 4.90 Å². The standard InChI is InChI=1S/C19H15ClN6O2S/c20-14-1-7-17(8-2-14)29(27,28)25-16-5-3-15(4-6-16)24-18-11-19(23-12-22-18)26-10-9-21-13-26/h1-13,25H,(H,22,23,24). The van der Waals surface area contributed by atoms with Crippen molar-refractivity contribution in [2.24, 2.45) is 0 Å². The van der Waals surface area contributed by atoms with Gasteiger partial charge in [-0.3, -0.25) is 9.29 Å². The Balaban J connectivity index is 1.47. The Hall–Kier alpha value is -3.43. The van der Waals surface area contributed by atoms with Gasteiger partial charge in [0.2, 0.25) is 0 Å². The number of anilines is 3. The van der Waals surface area contributed by atoms with Gasteiger partial charge in [0.15, 0.2) is 0 Å². The van der Waals surface area contributed by atoms with Crippen LogP contribution in [-0.4, -0.2) is 27.9 Å². The van der Waals surface area contributed by atoms with Gasteiger partial charge in [0.1, 0.15) is 24.3 Å². The summed E-state index contributed by atoms with van der Waals surface area (Å²) in [6.45, 7) is 0. The minimum absolute atomic E-state index is 0.136. The van der Waals surface area contributed by atoms with Crippen molar-refractivity contribution in [3.63, 3.8) is 0 Å². The first-order chi connectivity index (χ1) is 14.0. The lowest BCUT2D eigenvalue weighted by atomic mass is 10.3. The van der Waals surface area contributed by atoms with Gasteiger partial charge in [0.25, 0.3) is 10.0 Å². The van der Waals surface area contributed by atoms with Crippen molar-refractivity contribution in [3.05, 3.63) is 84.7 Å². The van der Waals surface area contributed by atoms with Crippen molar-refractivity contribution in [1.29, 1.82) is 0 Å². The first-order valence-corrected chi connectivity index (χ1v) is 10.3. The second kappa shape index (κ2) is 7.90. The summed E-state index contributed by atoms with van der Waals surface area (Å²) in [6.07, 6.45) is 6.55. The molecule has 4 rings (SSSR count). The molecule has 0 saturated heterocycles. The van der Waals surface area contributed by atoms with Crippen molar-refractivity contribution < 1.29 is 8.42 Å². The molecule has 0 radical (unpaired) electrons. The van der Waals surface area contributed by atoms with Gasteiger partial charge < -0.3 is 5.32 Å². The number of aromatic nitrogens is 4. The summed E-state index contributed by atoms with van der Waals surface area (Å²) in [4.78, 5) is 12.5. The quantitative estimate of drug-likeness (QED) is 0.485. The molecule has 8 nitrogen and oxygen atoms in total. The van der Waals surface area contributed by atoms with Crippen LogP contribution < -0.4 is 10.0 Å². The van der Waals surface area contributed by atoms with Gasteiger partial charge in [0, 0.05) is 34.9 Å². The molecule has 0 bridgehead atoms. The van der Waals surface area contributed by atoms with E-state index in [9.17, 15) is 8.42 Å². The Labute approximate surface area is 172 Å². The molecule has 146 valence electrons. The average Bonchev–Trinajstić information content (AvgIpc) is 3.25. The molecule has 0 aliphatic heterocycles. The molecule has 2 aromatic heterocycles. The van der Waals surface area contributed by atoms with Crippen LogP contribution >= 0.6 is 11.6 Å². The van der Waals surface area contributed by atoms with Crippen LogP contribution in [0.15, 0.2) is 84.5 Å². The van der Waals surface area contributed by atoms with Crippen LogP contribution in [0.1, 0.15) is 0 Å². The van der Waals surface area contributed by atoms with Gasteiger partial charge in [-0.1, -0.05) is 11.6 Å². The summed E-state index contributed by atoms with van der Waals surface area (Å²) < 4.78 is 29.2. The summed E-state index contributed by atoms with van der Waals surface area (Å²) >= 11 is 5.81. The molecule has 0 unspecified atom stereocenters. The molecule has 0 fully saturated rings. The third kappa shape index (κ3) is 4.53. The normalized spacial score (nSPS) is 11.2. The van der Waals surface area contributed by atoms with Gasteiger partial charge >= 0.3 is 0 Å². The van der Waals surface area contributed by atoms with Crippen LogP contribution in [0.2, 0.25) is 5.02 Å². The number of nitrogens with one attached hydrogen (secondary N) is 2. The number of nitrogens with zero attached hydrogens (tertiary/aromatic N) is 4. The predicted molar refractivity (Wildman–Crippen MR) is 111 cm³/mol. The topological polar surface area (TPSA) is 102 Å². The third-order valence-corrected chi connectivity index (χ3v) is 5.60. The highest BCUT2D eigenvalue weighted by Crippen LogP contribution is 2.21. The fourth-order valence-electron chi connectivity index (χ4n) is 2.55. The fourth-order valence-corrected chi connectivity index (χ4v) is 3.73. The molecule has 4 aromatic rings. The van der Waals surface area contributed by atoms with E-state index in [2.05, 4.69) is 25.0 Å². The molecule has 0 spiro atoms. The Morgan fingerprint density at radius 3 is 2.34 bits per heavy atom. The Morgan fingerprint density at radius 1 is 0.931 bits per heavy atom. The van der Waals surface area contributed by atoms with Gasteiger partial charge in [-0.2, -0.15) is 0 Å². The molecule has 0 amide bonds. The number of sulfonamides is 1. The second-order valence-electron chi connectivity index (χ2n) is 5.99. The summed E-state index contributed by atoms with van der Waals surface area (Å²) in [7, 11) is -3.69. The first-order valence-electron chi connectivity index (χ1n) is 8.45. The van der Waals surface area contributed by atoms with Gasteiger partial charge in [0.05, 0.1) is 4.90 Å². The van der Waals surface area contributed by atoms with Crippen molar-refractivity contribution in [3.8, 4) is 5.82 Å². The second-order valence-corrected chi connectivity index (χ2v) is 8.11. The van der Waals surface area contributed by atoms with Gasteiger partial charge in [-0.15, -0.1) is 0 Å². The maximum atomic E-state index is 12.4. The molecule has 29 heavy (non-hydrogen) atoms. The zero-order valence-electron chi connectivity index (χ0n) is 14.9. The minimum atomic E-state index is -3.69. The molecule has 0 aliphatic carbocycles. The van der Waals surface area contributed by atoms with Crippen molar-refractivity contribution in [1.82, 2.24) is 19.5 Å². The van der Waals surface area contributed by atoms with E-state index >= 15 is 0 Å². The Bertz CT molecular complexity index is 1210. The lowest BCUT2D eigenvalue weighted by molar-refractivity contribution is 0.601. The molecule has 2 N–H and O–H groups in total. The van der Waals surface area contributed by atoms with Crippen molar-refractivity contribution in [2.75, 3.05) is 10.0 Å². The molecule has 0 saturated carbocycles. The largest absolute Gasteiger partial charge is 0.340 e. The third-order valence-electron chi connectivity index (χ3n) is 3.96. The molecule has 0 atom stereocenters. The maximum Gasteiger partial charge on any atom is 0.261 e. The van der Waals surface area contributed by atoms with Crippen LogP contribution in [0.4, 0.5) is 17.2 Å². The first kappa shape index (κ1) is 18.9. The zero-order valence-corrected chi connectivity index (χ0v) is 16.5. The predicted octanol–water partition coefficient (Wildman–Crippen LogP) is 3.86. The van der Waals surface area contributed by atoms with E-state index in [4.69, 9.17) is 11.6 Å². The SMILES string of the molecule is O=S(=O)(Nc1ccc(Nc2cc(-n3ccnc3)ncn2)cc1)c1ccc(Cl)cc1. The summed E-state index contributed by atoms with van der Waals surface area (Å²) in [5, 5.41) is 3.63. The van der Waals surface area contributed by atoms with E-state index in [1.54, 1.807) is 53.6 Å². The molecule has 10 heteroatoms. The van der Waals surface area contributed by atoms with E-state index in [0.29, 0.717) is 22.3 Å². The number of hydrogen-bond donors (Lipinski definition) is 2. The summed E-state index contributed by atoms with van der Waals surface area (Å²) in [5.74, 6) is 1.27. The molecule has 0 aliphatic rings. The number of benzene rings is 2. The van der Waals surface area contributed by atoms with Crippen molar-refractivity contribution >= 4 is 38.8 Å². The van der Waals surface area contributed by atoms with E-state index in [1.807, 2.05) is 0 Å². The highest BCUT2D eigenvalue weighted by atomic mass is 35.5. The Kier molecular flexibility index (Phi) is 5.15. The van der Waals surface area contributed by atoms with Gasteiger partial charge in [-0.05, 0) is 48.5 Å². The van der Waals surface area contributed by atoms with Gasteiger partial charge in [-0.25, -0.2) is 23.4 Å². The zero-order chi connectivity index (χ0) is 20.3. The Morgan fingerprint density at radius 2 is 1.66 bits per heavy atom. The van der Waals surface area contributed by atoms with E-state index < -0.39 is 10.0 Å².